The van der Waals surface area contributed by atoms with Gasteiger partial charge in [0.25, 0.3) is 0 Å². The van der Waals surface area contributed by atoms with Gasteiger partial charge in [-0.3, -0.25) is 9.59 Å². The number of hydrogen-bond donors (Lipinski definition) is 0. The largest absolute Gasteiger partial charge is 0.274 e. The molecule has 6 atom stereocenters. The molecule has 2 saturated carbocycles. The Labute approximate surface area is 133 Å². The van der Waals surface area contributed by atoms with Crippen molar-refractivity contribution in [3.63, 3.8) is 0 Å². The van der Waals surface area contributed by atoms with Gasteiger partial charge in [-0.1, -0.05) is 29.8 Å². The van der Waals surface area contributed by atoms with Crippen LogP contribution in [-0.2, 0) is 9.59 Å². The minimum atomic E-state index is -0.148. The van der Waals surface area contributed by atoms with E-state index in [-0.39, 0.29) is 35.5 Å². The average Bonchev–Trinajstić information content (AvgIpc) is 3.28. The lowest BCUT2D eigenvalue weighted by Gasteiger charge is -2.37. The van der Waals surface area contributed by atoms with Crippen LogP contribution in [0.4, 0.5) is 5.69 Å². The van der Waals surface area contributed by atoms with E-state index in [4.69, 9.17) is 11.6 Å². The van der Waals surface area contributed by atoms with E-state index in [2.05, 4.69) is 12.2 Å². The molecule has 1 aliphatic heterocycles. The zero-order chi connectivity index (χ0) is 15.2. The summed E-state index contributed by atoms with van der Waals surface area (Å²) >= 11 is 6.18. The molecular weight excluding hydrogens is 298 g/mol. The Hall–Kier alpha value is -1.61. The first-order chi connectivity index (χ1) is 10.6. The zero-order valence-electron chi connectivity index (χ0n) is 12.2. The Kier molecular flexibility index (Phi) is 2.35. The highest BCUT2D eigenvalue weighted by Crippen LogP contribution is 2.65. The molecule has 22 heavy (non-hydrogen) atoms. The molecule has 6 rings (SSSR count). The fourth-order valence-corrected chi connectivity index (χ4v) is 5.20. The number of hydrogen-bond acceptors (Lipinski definition) is 2. The van der Waals surface area contributed by atoms with Crippen molar-refractivity contribution >= 4 is 29.1 Å². The maximum atomic E-state index is 13.0. The minimum Gasteiger partial charge on any atom is -0.274 e. The molecule has 0 N–H and O–H groups in total. The van der Waals surface area contributed by atoms with Crippen LogP contribution >= 0.6 is 11.6 Å². The van der Waals surface area contributed by atoms with Gasteiger partial charge in [0.05, 0.1) is 17.5 Å². The summed E-state index contributed by atoms with van der Waals surface area (Å²) in [7, 11) is 0. The molecule has 1 aromatic carbocycles. The predicted molar refractivity (Wildman–Crippen MR) is 83.4 cm³/mol. The number of halogens is 1. The van der Waals surface area contributed by atoms with Crippen molar-refractivity contribution in [3.05, 3.63) is 40.9 Å². The monoisotopic (exact) mass is 313 g/mol. The Balaban J connectivity index is 1.62. The molecule has 1 saturated heterocycles. The summed E-state index contributed by atoms with van der Waals surface area (Å²) in [6, 6.07) is 5.42. The van der Waals surface area contributed by atoms with E-state index < -0.39 is 0 Å². The van der Waals surface area contributed by atoms with E-state index in [0.29, 0.717) is 22.5 Å². The number of nitrogens with zero attached hydrogens (tertiary/aromatic N) is 1. The highest BCUT2D eigenvalue weighted by Gasteiger charge is 2.67. The van der Waals surface area contributed by atoms with E-state index in [9.17, 15) is 9.59 Å². The number of carbonyl (C=O) groups is 2. The maximum Gasteiger partial charge on any atom is 0.238 e. The molecule has 112 valence electrons. The average molecular weight is 314 g/mol. The number of rotatable bonds is 1. The second-order valence-corrected chi connectivity index (χ2v) is 7.46. The van der Waals surface area contributed by atoms with Gasteiger partial charge >= 0.3 is 0 Å². The smallest absolute Gasteiger partial charge is 0.238 e. The summed E-state index contributed by atoms with van der Waals surface area (Å²) in [5.41, 5.74) is 1.46. The van der Waals surface area contributed by atoms with Gasteiger partial charge in [-0.05, 0) is 54.7 Å². The fraction of sp³-hybridized carbons (Fsp3) is 0.444. The minimum absolute atomic E-state index is 0.0231. The van der Waals surface area contributed by atoms with Gasteiger partial charge in [0.15, 0.2) is 0 Å². The summed E-state index contributed by atoms with van der Waals surface area (Å²) < 4.78 is 0. The summed E-state index contributed by atoms with van der Waals surface area (Å²) in [5, 5.41) is 0.594. The van der Waals surface area contributed by atoms with Crippen molar-refractivity contribution in [2.24, 2.45) is 35.5 Å². The van der Waals surface area contributed by atoms with Gasteiger partial charge in [0.1, 0.15) is 0 Å². The van der Waals surface area contributed by atoms with E-state index in [1.807, 2.05) is 13.0 Å². The summed E-state index contributed by atoms with van der Waals surface area (Å²) in [6.07, 6.45) is 5.57. The Morgan fingerprint density at radius 1 is 1.05 bits per heavy atom. The van der Waals surface area contributed by atoms with Crippen LogP contribution in [0.3, 0.4) is 0 Å². The summed E-state index contributed by atoms with van der Waals surface area (Å²) in [5.74, 6) is 1.45. The van der Waals surface area contributed by atoms with Crippen LogP contribution in [-0.4, -0.2) is 11.8 Å². The van der Waals surface area contributed by atoms with E-state index in [1.165, 1.54) is 11.3 Å². The molecule has 5 aliphatic rings. The molecule has 0 unspecified atom stereocenters. The van der Waals surface area contributed by atoms with Crippen LogP contribution < -0.4 is 4.90 Å². The molecule has 1 heterocycles. The third-order valence-corrected chi connectivity index (χ3v) is 6.55. The Morgan fingerprint density at radius 3 is 2.23 bits per heavy atom. The van der Waals surface area contributed by atoms with E-state index in [0.717, 1.165) is 5.56 Å². The lowest BCUT2D eigenvalue weighted by molar-refractivity contribution is -0.124. The molecule has 4 aliphatic carbocycles. The third kappa shape index (κ3) is 1.38. The first-order valence-electron chi connectivity index (χ1n) is 7.91. The van der Waals surface area contributed by atoms with Crippen LogP contribution in [0.1, 0.15) is 12.0 Å². The number of allylic oxidation sites excluding steroid dienone is 2. The van der Waals surface area contributed by atoms with Crippen molar-refractivity contribution in [1.29, 1.82) is 0 Å². The van der Waals surface area contributed by atoms with Crippen molar-refractivity contribution in [2.45, 2.75) is 13.3 Å². The molecule has 0 radical (unpaired) electrons. The van der Waals surface area contributed by atoms with Gasteiger partial charge in [-0.2, -0.15) is 0 Å². The molecule has 3 fully saturated rings. The SMILES string of the molecule is Cc1c(Cl)cccc1N1C(=O)[C@H]2[C@@H]3C=C[C@@H]([C@H]4C[C@H]34)[C@@H]2C1=O. The molecule has 0 spiro atoms. The molecule has 1 aromatic rings. The Morgan fingerprint density at radius 2 is 1.64 bits per heavy atom. The molecular formula is C18H16ClNO2. The van der Waals surface area contributed by atoms with Gasteiger partial charge in [-0.25, -0.2) is 4.90 Å². The molecule has 4 heteroatoms. The van der Waals surface area contributed by atoms with Crippen molar-refractivity contribution < 1.29 is 9.59 Å². The van der Waals surface area contributed by atoms with E-state index >= 15 is 0 Å². The molecule has 3 nitrogen and oxygen atoms in total. The highest BCUT2D eigenvalue weighted by atomic mass is 35.5. The quantitative estimate of drug-likeness (QED) is 0.590. The maximum absolute atomic E-state index is 13.0. The zero-order valence-corrected chi connectivity index (χ0v) is 13.0. The van der Waals surface area contributed by atoms with Crippen molar-refractivity contribution in [2.75, 3.05) is 4.90 Å². The van der Waals surface area contributed by atoms with Gasteiger partial charge in [0, 0.05) is 5.02 Å². The molecule has 2 amide bonds. The third-order valence-electron chi connectivity index (χ3n) is 6.14. The highest BCUT2D eigenvalue weighted by molar-refractivity contribution is 6.32. The lowest BCUT2D eigenvalue weighted by atomic mass is 9.63. The lowest BCUT2D eigenvalue weighted by Crippen LogP contribution is -2.40. The van der Waals surface area contributed by atoms with Crippen LogP contribution in [0.2, 0.25) is 5.02 Å². The Bertz CT molecular complexity index is 719. The van der Waals surface area contributed by atoms with Crippen molar-refractivity contribution in [1.82, 2.24) is 0 Å². The number of benzene rings is 1. The van der Waals surface area contributed by atoms with Gasteiger partial charge in [-0.15, -0.1) is 0 Å². The van der Waals surface area contributed by atoms with Crippen LogP contribution in [0.25, 0.3) is 0 Å². The number of carbonyl (C=O) groups excluding carboxylic acids is 2. The van der Waals surface area contributed by atoms with E-state index in [1.54, 1.807) is 12.1 Å². The second-order valence-electron chi connectivity index (χ2n) is 7.05. The predicted octanol–water partition coefficient (Wildman–Crippen LogP) is 3.21. The fourth-order valence-electron chi connectivity index (χ4n) is 5.03. The first-order valence-corrected chi connectivity index (χ1v) is 8.28. The number of anilines is 1. The second kappa shape index (κ2) is 4.02. The number of amides is 2. The topological polar surface area (TPSA) is 37.4 Å². The van der Waals surface area contributed by atoms with Crippen LogP contribution in [0, 0.1) is 42.4 Å². The molecule has 0 aromatic heterocycles. The normalized spacial score (nSPS) is 40.9. The first kappa shape index (κ1) is 12.9. The summed E-state index contributed by atoms with van der Waals surface area (Å²) in [4.78, 5) is 27.4. The van der Waals surface area contributed by atoms with Crippen LogP contribution in [0.5, 0.6) is 0 Å². The van der Waals surface area contributed by atoms with Crippen molar-refractivity contribution in [3.8, 4) is 0 Å². The standard InChI is InChI=1S/C18H16ClNO2/c1-8-13(19)3-2-4-14(8)20-17(21)15-9-5-6-10(12-7-11(9)12)16(15)18(20)22/h2-6,9-12,15-16H,7H2,1H3/t9-,10+,11-,12-,15+,16+/m1/s1. The molecule has 2 bridgehead atoms. The van der Waals surface area contributed by atoms with Gasteiger partial charge < -0.3 is 0 Å². The van der Waals surface area contributed by atoms with Gasteiger partial charge in [0.2, 0.25) is 11.8 Å². The number of imide groups is 1. The summed E-state index contributed by atoms with van der Waals surface area (Å²) in [6.45, 7) is 1.87. The van der Waals surface area contributed by atoms with Crippen LogP contribution in [0.15, 0.2) is 30.4 Å².